The number of hydrogen-bond donors (Lipinski definition) is 2. The van der Waals surface area contributed by atoms with Gasteiger partial charge in [-0.05, 0) is 37.5 Å². The Morgan fingerprint density at radius 2 is 1.90 bits per heavy atom. The van der Waals surface area contributed by atoms with Crippen LogP contribution < -0.4 is 5.32 Å². The molecule has 0 saturated heterocycles. The van der Waals surface area contributed by atoms with Crippen LogP contribution >= 0.6 is 11.6 Å². The maximum atomic E-state index is 12.9. The summed E-state index contributed by atoms with van der Waals surface area (Å²) in [5.74, 6) is -0.594. The molecule has 154 valence electrons. The zero-order valence-electron chi connectivity index (χ0n) is 16.4. The minimum Gasteiger partial charge on any atom is -0.481 e. The topological polar surface area (TPSA) is 97.1 Å². The molecule has 0 spiro atoms. The van der Waals surface area contributed by atoms with Crippen LogP contribution in [0.2, 0.25) is 5.02 Å². The highest BCUT2D eigenvalue weighted by molar-refractivity contribution is 6.32. The fraction of sp³-hybridized carbons (Fsp3) is 0.273. The first-order valence-electron chi connectivity index (χ1n) is 9.73. The molecule has 30 heavy (non-hydrogen) atoms. The second kappa shape index (κ2) is 8.28. The number of halogens is 1. The molecule has 1 fully saturated rings. The number of nitrogens with zero attached hydrogens (tertiary/aromatic N) is 3. The Bertz CT molecular complexity index is 1090. The first-order valence-corrected chi connectivity index (χ1v) is 10.1. The van der Waals surface area contributed by atoms with E-state index in [9.17, 15) is 14.7 Å². The number of carbonyl (C=O) groups is 2. The maximum absolute atomic E-state index is 12.9. The van der Waals surface area contributed by atoms with E-state index < -0.39 is 17.9 Å². The molecule has 0 bridgehead atoms. The smallest absolute Gasteiger partial charge is 0.305 e. The summed E-state index contributed by atoms with van der Waals surface area (Å²) in [4.78, 5) is 28.7. The molecular formula is C22H21ClN4O3. The molecule has 1 heterocycles. The second-order valence-corrected chi connectivity index (χ2v) is 7.87. The number of aryl methyl sites for hydroxylation is 1. The highest BCUT2D eigenvalue weighted by atomic mass is 35.5. The lowest BCUT2D eigenvalue weighted by atomic mass is 10.0. The van der Waals surface area contributed by atoms with E-state index in [-0.39, 0.29) is 18.2 Å². The van der Waals surface area contributed by atoms with Crippen molar-refractivity contribution in [2.75, 3.05) is 0 Å². The van der Waals surface area contributed by atoms with Gasteiger partial charge < -0.3 is 10.4 Å². The summed E-state index contributed by atoms with van der Waals surface area (Å²) < 4.78 is 1.62. The van der Waals surface area contributed by atoms with Gasteiger partial charge in [0.15, 0.2) is 0 Å². The van der Waals surface area contributed by atoms with Crippen molar-refractivity contribution in [3.63, 3.8) is 0 Å². The number of rotatable bonds is 7. The van der Waals surface area contributed by atoms with Crippen molar-refractivity contribution in [2.24, 2.45) is 0 Å². The predicted molar refractivity (Wildman–Crippen MR) is 112 cm³/mol. The van der Waals surface area contributed by atoms with Gasteiger partial charge in [-0.1, -0.05) is 53.6 Å². The molecule has 0 unspecified atom stereocenters. The molecule has 1 aromatic heterocycles. The molecule has 0 aliphatic heterocycles. The summed E-state index contributed by atoms with van der Waals surface area (Å²) in [5.41, 5.74) is 2.42. The van der Waals surface area contributed by atoms with Crippen LogP contribution in [0.5, 0.6) is 0 Å². The van der Waals surface area contributed by atoms with Crippen LogP contribution in [0.25, 0.3) is 5.69 Å². The number of amides is 1. The van der Waals surface area contributed by atoms with Gasteiger partial charge in [0.2, 0.25) is 5.82 Å². The van der Waals surface area contributed by atoms with Gasteiger partial charge >= 0.3 is 5.97 Å². The molecule has 3 aromatic rings. The second-order valence-electron chi connectivity index (χ2n) is 7.47. The lowest BCUT2D eigenvalue weighted by Crippen LogP contribution is -2.31. The van der Waals surface area contributed by atoms with Crippen molar-refractivity contribution < 1.29 is 14.7 Å². The van der Waals surface area contributed by atoms with Crippen LogP contribution in [0.15, 0.2) is 48.5 Å². The van der Waals surface area contributed by atoms with Gasteiger partial charge in [-0.25, -0.2) is 9.67 Å². The number of aliphatic carboxylic acids is 1. The molecule has 1 saturated carbocycles. The van der Waals surface area contributed by atoms with Crippen molar-refractivity contribution in [2.45, 2.75) is 38.1 Å². The number of aromatic nitrogens is 3. The van der Waals surface area contributed by atoms with Crippen molar-refractivity contribution in [3.8, 4) is 5.69 Å². The lowest BCUT2D eigenvalue weighted by molar-refractivity contribution is -0.137. The first kappa shape index (κ1) is 20.1. The summed E-state index contributed by atoms with van der Waals surface area (Å²) in [6.45, 7) is 1.94. The highest BCUT2D eigenvalue weighted by Crippen LogP contribution is 2.40. The zero-order valence-corrected chi connectivity index (χ0v) is 17.1. The van der Waals surface area contributed by atoms with Crippen LogP contribution in [0.1, 0.15) is 58.8 Å². The first-order chi connectivity index (χ1) is 14.4. The van der Waals surface area contributed by atoms with Gasteiger partial charge in [0.25, 0.3) is 5.91 Å². The van der Waals surface area contributed by atoms with E-state index in [2.05, 4.69) is 15.4 Å². The monoisotopic (exact) mass is 424 g/mol. The molecule has 7 nitrogen and oxygen atoms in total. The number of nitrogens with one attached hydrogen (secondary N) is 1. The molecule has 1 aliphatic carbocycles. The third-order valence-corrected chi connectivity index (χ3v) is 5.34. The normalized spacial score (nSPS) is 14.3. The van der Waals surface area contributed by atoms with E-state index in [1.54, 1.807) is 10.7 Å². The number of carbonyl (C=O) groups excluding carboxylic acids is 1. The number of para-hydroxylation sites is 1. The van der Waals surface area contributed by atoms with Crippen LogP contribution in [0.4, 0.5) is 0 Å². The third kappa shape index (κ3) is 4.36. The van der Waals surface area contributed by atoms with E-state index in [0.717, 1.165) is 18.4 Å². The summed E-state index contributed by atoms with van der Waals surface area (Å²) in [6, 6.07) is 14.0. The van der Waals surface area contributed by atoms with Crippen LogP contribution in [0.3, 0.4) is 0 Å². The number of hydrogen-bond acceptors (Lipinski definition) is 4. The van der Waals surface area contributed by atoms with Gasteiger partial charge in [0.05, 0.1) is 23.2 Å². The molecule has 8 heteroatoms. The van der Waals surface area contributed by atoms with Crippen LogP contribution in [-0.2, 0) is 4.79 Å². The van der Waals surface area contributed by atoms with E-state index >= 15 is 0 Å². The Labute approximate surface area is 178 Å². The van der Waals surface area contributed by atoms with Crippen LogP contribution in [0, 0.1) is 6.92 Å². The zero-order chi connectivity index (χ0) is 21.3. The van der Waals surface area contributed by atoms with Crippen molar-refractivity contribution in [1.29, 1.82) is 0 Å². The predicted octanol–water partition coefficient (Wildman–Crippen LogP) is 4.05. The fourth-order valence-electron chi connectivity index (χ4n) is 3.28. The summed E-state index contributed by atoms with van der Waals surface area (Å²) in [5, 5.41) is 17.0. The fourth-order valence-corrected chi connectivity index (χ4v) is 3.49. The van der Waals surface area contributed by atoms with E-state index in [1.807, 2.05) is 49.4 Å². The van der Waals surface area contributed by atoms with E-state index in [4.69, 9.17) is 11.6 Å². The Kier molecular flexibility index (Phi) is 5.55. The Morgan fingerprint density at radius 3 is 2.53 bits per heavy atom. The molecule has 0 radical (unpaired) electrons. The summed E-state index contributed by atoms with van der Waals surface area (Å²) >= 11 is 6.32. The molecule has 4 rings (SSSR count). The molecule has 2 aromatic carbocycles. The lowest BCUT2D eigenvalue weighted by Gasteiger charge is -2.16. The summed E-state index contributed by atoms with van der Waals surface area (Å²) in [6.07, 6.45) is 1.72. The van der Waals surface area contributed by atoms with Gasteiger partial charge in [-0.15, -0.1) is 5.10 Å². The molecule has 1 aliphatic rings. The minimum absolute atomic E-state index is 0.000629. The standard InChI is InChI=1S/C22H21ClN4O3/c1-13-6-8-14(9-7-13)17(12-19(28)29)24-22(30)20-25-21(15-10-11-15)27(26-20)18-5-3-2-4-16(18)23/h2-9,15,17H,10-12H2,1H3,(H,24,30)(H,28,29)/t17-/m0/s1. The van der Waals surface area contributed by atoms with Crippen molar-refractivity contribution in [1.82, 2.24) is 20.1 Å². The Balaban J connectivity index is 1.63. The average molecular weight is 425 g/mol. The van der Waals surface area contributed by atoms with E-state index in [0.29, 0.717) is 22.1 Å². The third-order valence-electron chi connectivity index (χ3n) is 5.02. The number of carboxylic acid groups (broad SMARTS) is 1. The van der Waals surface area contributed by atoms with Gasteiger partial charge in [-0.3, -0.25) is 9.59 Å². The quantitative estimate of drug-likeness (QED) is 0.596. The summed E-state index contributed by atoms with van der Waals surface area (Å²) in [7, 11) is 0. The Morgan fingerprint density at radius 1 is 1.20 bits per heavy atom. The SMILES string of the molecule is Cc1ccc([C@H](CC(=O)O)NC(=O)c2nc(C3CC3)n(-c3ccccc3Cl)n2)cc1. The van der Waals surface area contributed by atoms with Gasteiger partial charge in [0, 0.05) is 5.92 Å². The number of benzene rings is 2. The van der Waals surface area contributed by atoms with Gasteiger partial charge in [-0.2, -0.15) is 0 Å². The maximum Gasteiger partial charge on any atom is 0.305 e. The highest BCUT2D eigenvalue weighted by Gasteiger charge is 2.32. The number of carboxylic acids is 1. The van der Waals surface area contributed by atoms with Crippen molar-refractivity contribution >= 4 is 23.5 Å². The molecular weight excluding hydrogens is 404 g/mol. The van der Waals surface area contributed by atoms with Crippen molar-refractivity contribution in [3.05, 3.63) is 76.3 Å². The minimum atomic E-state index is -1.01. The van der Waals surface area contributed by atoms with Gasteiger partial charge in [0.1, 0.15) is 5.82 Å². The van der Waals surface area contributed by atoms with E-state index in [1.165, 1.54) is 0 Å². The molecule has 1 atom stereocenters. The largest absolute Gasteiger partial charge is 0.481 e. The Hall–Kier alpha value is -3.19. The van der Waals surface area contributed by atoms with Crippen LogP contribution in [-0.4, -0.2) is 31.7 Å². The molecule has 2 N–H and O–H groups in total. The average Bonchev–Trinajstić information content (AvgIpc) is 3.46. The molecule has 1 amide bonds.